The van der Waals surface area contributed by atoms with Gasteiger partial charge >= 0.3 is 12.0 Å². The van der Waals surface area contributed by atoms with Gasteiger partial charge in [0.15, 0.2) is 0 Å². The fraction of sp³-hybridized carbons (Fsp3) is 0.600. The molecule has 0 saturated heterocycles. The highest BCUT2D eigenvalue weighted by atomic mass is 16.4. The van der Waals surface area contributed by atoms with Crippen molar-refractivity contribution in [2.45, 2.75) is 32.1 Å². The molecule has 0 heterocycles. The Balaban J connectivity index is 2.22. The number of amides is 2. The predicted molar refractivity (Wildman–Crippen MR) is 55.3 cm³/mol. The van der Waals surface area contributed by atoms with Gasteiger partial charge < -0.3 is 15.7 Å². The lowest BCUT2D eigenvalue weighted by Gasteiger charge is -2.13. The van der Waals surface area contributed by atoms with Gasteiger partial charge in [0.1, 0.15) is 6.54 Å². The minimum atomic E-state index is -1.05. The van der Waals surface area contributed by atoms with Crippen LogP contribution in [0.3, 0.4) is 0 Å². The number of hydrogen-bond donors (Lipinski definition) is 3. The maximum atomic E-state index is 11.1. The summed E-state index contributed by atoms with van der Waals surface area (Å²) in [6.07, 6.45) is 7.34. The van der Waals surface area contributed by atoms with E-state index in [0.717, 1.165) is 12.8 Å². The number of carbonyl (C=O) groups is 2. The highest BCUT2D eigenvalue weighted by Gasteiger charge is 2.06. The quantitative estimate of drug-likeness (QED) is 0.658. The van der Waals surface area contributed by atoms with Crippen LogP contribution in [0.15, 0.2) is 11.8 Å². The summed E-state index contributed by atoms with van der Waals surface area (Å²) in [5.41, 5.74) is 1.23. The van der Waals surface area contributed by atoms with E-state index < -0.39 is 12.0 Å². The van der Waals surface area contributed by atoms with Gasteiger partial charge in [0, 0.05) is 6.20 Å². The van der Waals surface area contributed by atoms with Crippen molar-refractivity contribution < 1.29 is 14.7 Å². The lowest BCUT2D eigenvalue weighted by Crippen LogP contribution is -2.36. The fourth-order valence-electron chi connectivity index (χ4n) is 1.52. The Labute approximate surface area is 88.5 Å². The van der Waals surface area contributed by atoms with E-state index >= 15 is 0 Å². The maximum Gasteiger partial charge on any atom is 0.323 e. The Morgan fingerprint density at radius 1 is 1.27 bits per heavy atom. The van der Waals surface area contributed by atoms with E-state index in [2.05, 4.69) is 10.6 Å². The summed E-state index contributed by atoms with van der Waals surface area (Å²) in [6, 6.07) is -0.463. The van der Waals surface area contributed by atoms with Gasteiger partial charge in [-0.15, -0.1) is 0 Å². The van der Waals surface area contributed by atoms with Crippen molar-refractivity contribution >= 4 is 12.0 Å². The minimum absolute atomic E-state index is 0.352. The topological polar surface area (TPSA) is 78.4 Å². The summed E-state index contributed by atoms with van der Waals surface area (Å²) in [6.45, 7) is -0.352. The molecule has 5 nitrogen and oxygen atoms in total. The van der Waals surface area contributed by atoms with E-state index in [-0.39, 0.29) is 6.54 Å². The molecule has 0 aromatic carbocycles. The lowest BCUT2D eigenvalue weighted by atomic mass is 9.96. The van der Waals surface area contributed by atoms with Gasteiger partial charge in [0.05, 0.1) is 0 Å². The Kier molecular flexibility index (Phi) is 4.66. The number of rotatable bonds is 3. The molecule has 0 aliphatic heterocycles. The fourth-order valence-corrected chi connectivity index (χ4v) is 1.52. The number of aliphatic carboxylic acids is 1. The summed E-state index contributed by atoms with van der Waals surface area (Å²) >= 11 is 0. The van der Waals surface area contributed by atoms with Crippen LogP contribution in [-0.2, 0) is 4.79 Å². The molecule has 2 amide bonds. The van der Waals surface area contributed by atoms with Crippen LogP contribution in [0.25, 0.3) is 0 Å². The number of nitrogens with one attached hydrogen (secondary N) is 2. The summed E-state index contributed by atoms with van der Waals surface area (Å²) in [4.78, 5) is 21.2. The summed E-state index contributed by atoms with van der Waals surface area (Å²) in [5.74, 6) is -1.05. The molecule has 0 aromatic rings. The number of carboxylic acid groups (broad SMARTS) is 1. The van der Waals surface area contributed by atoms with Crippen molar-refractivity contribution in [1.82, 2.24) is 10.6 Å². The van der Waals surface area contributed by atoms with Crippen LogP contribution in [0.2, 0.25) is 0 Å². The molecule has 1 saturated carbocycles. The second-order valence-corrected chi connectivity index (χ2v) is 3.58. The van der Waals surface area contributed by atoms with E-state index in [0.29, 0.717) is 0 Å². The summed E-state index contributed by atoms with van der Waals surface area (Å²) in [7, 11) is 0. The van der Waals surface area contributed by atoms with E-state index in [1.165, 1.54) is 24.8 Å². The van der Waals surface area contributed by atoms with Gasteiger partial charge in [-0.25, -0.2) is 4.79 Å². The zero-order valence-corrected chi connectivity index (χ0v) is 8.58. The van der Waals surface area contributed by atoms with Gasteiger partial charge in [-0.05, 0) is 25.7 Å². The molecular weight excluding hydrogens is 196 g/mol. The molecule has 0 aromatic heterocycles. The second-order valence-electron chi connectivity index (χ2n) is 3.58. The molecule has 3 N–H and O–H groups in total. The normalized spacial score (nSPS) is 15.6. The molecule has 1 aliphatic carbocycles. The number of carbonyl (C=O) groups excluding carboxylic acids is 1. The third-order valence-electron chi connectivity index (χ3n) is 2.30. The molecule has 1 fully saturated rings. The monoisotopic (exact) mass is 212 g/mol. The number of hydrogen-bond acceptors (Lipinski definition) is 2. The van der Waals surface area contributed by atoms with Crippen molar-refractivity contribution in [3.63, 3.8) is 0 Å². The second kappa shape index (κ2) is 6.06. The molecule has 5 heteroatoms. The molecule has 0 spiro atoms. The van der Waals surface area contributed by atoms with Crippen molar-refractivity contribution in [2.24, 2.45) is 0 Å². The third-order valence-corrected chi connectivity index (χ3v) is 2.30. The van der Waals surface area contributed by atoms with Gasteiger partial charge in [0.25, 0.3) is 0 Å². The van der Waals surface area contributed by atoms with Gasteiger partial charge in [0.2, 0.25) is 0 Å². The van der Waals surface area contributed by atoms with Crippen molar-refractivity contribution in [3.8, 4) is 0 Å². The molecule has 84 valence electrons. The van der Waals surface area contributed by atoms with Crippen LogP contribution in [0, 0.1) is 0 Å². The Hall–Kier alpha value is -1.52. The zero-order chi connectivity index (χ0) is 11.1. The first-order valence-electron chi connectivity index (χ1n) is 5.12. The van der Waals surface area contributed by atoms with Crippen molar-refractivity contribution in [1.29, 1.82) is 0 Å². The van der Waals surface area contributed by atoms with Crippen LogP contribution < -0.4 is 10.6 Å². The van der Waals surface area contributed by atoms with Gasteiger partial charge in [-0.1, -0.05) is 12.0 Å². The maximum absolute atomic E-state index is 11.1. The Morgan fingerprint density at radius 2 is 1.93 bits per heavy atom. The van der Waals surface area contributed by atoms with Crippen LogP contribution >= 0.6 is 0 Å². The average molecular weight is 212 g/mol. The molecule has 15 heavy (non-hydrogen) atoms. The average Bonchev–Trinajstić information content (AvgIpc) is 2.25. The lowest BCUT2D eigenvalue weighted by molar-refractivity contribution is -0.135. The van der Waals surface area contributed by atoms with E-state index in [9.17, 15) is 9.59 Å². The number of urea groups is 1. The van der Waals surface area contributed by atoms with Crippen LogP contribution in [0.1, 0.15) is 32.1 Å². The van der Waals surface area contributed by atoms with Crippen LogP contribution in [-0.4, -0.2) is 23.7 Å². The Morgan fingerprint density at radius 3 is 2.53 bits per heavy atom. The van der Waals surface area contributed by atoms with Crippen LogP contribution in [0.5, 0.6) is 0 Å². The predicted octanol–water partition coefficient (Wildman–Crippen LogP) is 1.22. The summed E-state index contributed by atoms with van der Waals surface area (Å²) < 4.78 is 0. The van der Waals surface area contributed by atoms with E-state index in [1.807, 2.05) is 0 Å². The SMILES string of the molecule is O=C(O)CNC(=O)NC=C1CCCCC1. The van der Waals surface area contributed by atoms with Gasteiger partial charge in [-0.3, -0.25) is 4.79 Å². The zero-order valence-electron chi connectivity index (χ0n) is 8.58. The molecule has 0 unspecified atom stereocenters. The molecule has 0 radical (unpaired) electrons. The number of allylic oxidation sites excluding steroid dienone is 1. The summed E-state index contributed by atoms with van der Waals surface area (Å²) in [5, 5.41) is 13.1. The highest BCUT2D eigenvalue weighted by molar-refractivity contribution is 5.80. The smallest absolute Gasteiger partial charge is 0.323 e. The van der Waals surface area contributed by atoms with E-state index in [1.54, 1.807) is 6.20 Å². The molecular formula is C10H16N2O3. The van der Waals surface area contributed by atoms with Gasteiger partial charge in [-0.2, -0.15) is 0 Å². The van der Waals surface area contributed by atoms with E-state index in [4.69, 9.17) is 5.11 Å². The molecule has 1 rings (SSSR count). The first-order valence-corrected chi connectivity index (χ1v) is 5.12. The standard InChI is InChI=1S/C10H16N2O3/c13-9(14)7-12-10(15)11-6-8-4-2-1-3-5-8/h6H,1-5,7H2,(H,13,14)(H2,11,12,15). The third kappa shape index (κ3) is 5.05. The number of carboxylic acids is 1. The Bertz CT molecular complexity index is 266. The highest BCUT2D eigenvalue weighted by Crippen LogP contribution is 2.21. The first kappa shape index (κ1) is 11.6. The van der Waals surface area contributed by atoms with Crippen molar-refractivity contribution in [2.75, 3.05) is 6.54 Å². The largest absolute Gasteiger partial charge is 0.480 e. The first-order chi connectivity index (χ1) is 7.18. The molecule has 0 bridgehead atoms. The molecule has 0 atom stereocenters. The van der Waals surface area contributed by atoms with Crippen LogP contribution in [0.4, 0.5) is 4.79 Å². The minimum Gasteiger partial charge on any atom is -0.480 e. The molecule has 1 aliphatic rings. The van der Waals surface area contributed by atoms with Crippen molar-refractivity contribution in [3.05, 3.63) is 11.8 Å².